The molecule has 0 amide bonds. The first-order valence-electron chi connectivity index (χ1n) is 7.57. The molecule has 3 rings (SSSR count). The standard InChI is InChI=1S/C18H18N2O4S/c1-24-18(23)25(2,13-8-4-3-5-9-13)17-19-14-10-6-7-11-15(14)20(17)12-16(21)22/h3-11H,12H2,1-2H3,(H,21,22). The first-order chi connectivity index (χ1) is 12.0. The molecule has 0 saturated carbocycles. The van der Waals surface area contributed by atoms with Gasteiger partial charge in [-0.15, -0.1) is 0 Å². The number of rotatable bonds is 4. The van der Waals surface area contributed by atoms with E-state index < -0.39 is 21.3 Å². The number of aromatic nitrogens is 2. The van der Waals surface area contributed by atoms with Crippen molar-refractivity contribution in [3.8, 4) is 0 Å². The van der Waals surface area contributed by atoms with Crippen LogP contribution in [0.15, 0.2) is 64.6 Å². The Kier molecular flexibility index (Phi) is 4.50. The van der Waals surface area contributed by atoms with Crippen LogP contribution in [0.3, 0.4) is 0 Å². The molecule has 1 heterocycles. The fourth-order valence-corrected chi connectivity index (χ4v) is 5.26. The van der Waals surface area contributed by atoms with E-state index in [2.05, 4.69) is 4.98 Å². The Morgan fingerprint density at radius 1 is 1.12 bits per heavy atom. The molecule has 1 atom stereocenters. The number of aliphatic carboxylic acids is 1. The lowest BCUT2D eigenvalue weighted by Gasteiger charge is -2.32. The molecule has 1 aromatic heterocycles. The van der Waals surface area contributed by atoms with Crippen LogP contribution in [-0.2, 0) is 16.1 Å². The lowest BCUT2D eigenvalue weighted by Crippen LogP contribution is -2.19. The zero-order chi connectivity index (χ0) is 18.0. The van der Waals surface area contributed by atoms with Crippen molar-refractivity contribution in [1.82, 2.24) is 9.55 Å². The maximum absolute atomic E-state index is 12.8. The number of carbonyl (C=O) groups is 2. The van der Waals surface area contributed by atoms with Crippen LogP contribution in [0, 0.1) is 0 Å². The maximum atomic E-state index is 12.8. The van der Waals surface area contributed by atoms with E-state index in [1.54, 1.807) is 23.0 Å². The lowest BCUT2D eigenvalue weighted by atomic mass is 10.3. The van der Waals surface area contributed by atoms with Gasteiger partial charge >= 0.3 is 11.3 Å². The molecule has 6 nitrogen and oxygen atoms in total. The summed E-state index contributed by atoms with van der Waals surface area (Å²) in [4.78, 5) is 29.6. The third-order valence-electron chi connectivity index (χ3n) is 3.99. The second kappa shape index (κ2) is 6.60. The summed E-state index contributed by atoms with van der Waals surface area (Å²) in [5.74, 6) is -0.996. The van der Waals surface area contributed by atoms with Crippen molar-refractivity contribution >= 4 is 32.3 Å². The summed E-state index contributed by atoms with van der Waals surface area (Å²) in [5.41, 5.74) is 1.33. The van der Waals surface area contributed by atoms with Crippen LogP contribution in [0.2, 0.25) is 0 Å². The van der Waals surface area contributed by atoms with Gasteiger partial charge in [-0.25, -0.2) is 9.78 Å². The highest BCUT2D eigenvalue weighted by atomic mass is 32.3. The number of benzene rings is 2. The summed E-state index contributed by atoms with van der Waals surface area (Å²) in [6.45, 7) is -0.276. The van der Waals surface area contributed by atoms with Gasteiger partial charge in [0.15, 0.2) is 5.16 Å². The summed E-state index contributed by atoms with van der Waals surface area (Å²) in [7, 11) is -1.00. The van der Waals surface area contributed by atoms with Gasteiger partial charge in [0.1, 0.15) is 6.54 Å². The fraction of sp³-hybridized carbons (Fsp3) is 0.167. The smallest absolute Gasteiger partial charge is 0.360 e. The van der Waals surface area contributed by atoms with E-state index in [0.717, 1.165) is 4.90 Å². The number of ether oxygens (including phenoxy) is 1. The quantitative estimate of drug-likeness (QED) is 0.719. The number of para-hydroxylation sites is 2. The minimum atomic E-state index is -2.34. The average Bonchev–Trinajstić information content (AvgIpc) is 2.99. The molecule has 0 saturated heterocycles. The van der Waals surface area contributed by atoms with Gasteiger partial charge in [0.2, 0.25) is 0 Å². The Labute approximate surface area is 146 Å². The molecule has 1 N–H and O–H groups in total. The number of nitrogens with zero attached hydrogens (tertiary/aromatic N) is 2. The van der Waals surface area contributed by atoms with Crippen LogP contribution < -0.4 is 0 Å². The molecule has 7 heteroatoms. The van der Waals surface area contributed by atoms with Gasteiger partial charge in [-0.2, -0.15) is 0 Å². The van der Waals surface area contributed by atoms with Gasteiger partial charge in [-0.1, -0.05) is 40.4 Å². The SMILES string of the molecule is COC(=O)S(C)(c1ccccc1)c1nc2ccccc2n1CC(=O)O. The fourth-order valence-electron chi connectivity index (χ4n) is 2.79. The van der Waals surface area contributed by atoms with E-state index in [1.807, 2.05) is 42.5 Å². The monoisotopic (exact) mass is 358 g/mol. The van der Waals surface area contributed by atoms with Crippen LogP contribution in [0.25, 0.3) is 11.0 Å². The number of methoxy groups -OCH3 is 1. The number of imidazole rings is 1. The van der Waals surface area contributed by atoms with E-state index in [1.165, 1.54) is 7.11 Å². The van der Waals surface area contributed by atoms with Gasteiger partial charge in [0.05, 0.1) is 18.1 Å². The molecular weight excluding hydrogens is 340 g/mol. The largest absolute Gasteiger partial charge is 0.480 e. The number of carboxylic acids is 1. The topological polar surface area (TPSA) is 81.4 Å². The summed E-state index contributed by atoms with van der Waals surface area (Å²) in [6, 6.07) is 16.5. The predicted molar refractivity (Wildman–Crippen MR) is 96.3 cm³/mol. The van der Waals surface area contributed by atoms with Crippen molar-refractivity contribution in [2.45, 2.75) is 16.6 Å². The summed E-state index contributed by atoms with van der Waals surface area (Å²) in [6.07, 6.45) is 1.79. The second-order valence-electron chi connectivity index (χ2n) is 5.55. The predicted octanol–water partition coefficient (Wildman–Crippen LogP) is 3.74. The molecule has 130 valence electrons. The molecule has 0 spiro atoms. The minimum absolute atomic E-state index is 0.276. The first kappa shape index (κ1) is 17.0. The first-order valence-corrected chi connectivity index (χ1v) is 9.61. The molecule has 3 aromatic rings. The highest BCUT2D eigenvalue weighted by Crippen LogP contribution is 2.60. The van der Waals surface area contributed by atoms with Crippen LogP contribution in [0.5, 0.6) is 0 Å². The van der Waals surface area contributed by atoms with E-state index in [-0.39, 0.29) is 6.54 Å². The van der Waals surface area contributed by atoms with Crippen LogP contribution >= 0.6 is 10.0 Å². The Morgan fingerprint density at radius 2 is 1.76 bits per heavy atom. The van der Waals surface area contributed by atoms with Crippen molar-refractivity contribution in [3.63, 3.8) is 0 Å². The van der Waals surface area contributed by atoms with E-state index in [9.17, 15) is 14.7 Å². The van der Waals surface area contributed by atoms with E-state index in [4.69, 9.17) is 4.74 Å². The number of hydrogen-bond acceptors (Lipinski definition) is 4. The summed E-state index contributed by atoms with van der Waals surface area (Å²) < 4.78 is 6.67. The number of hydrogen-bond donors (Lipinski definition) is 1. The second-order valence-corrected chi connectivity index (χ2v) is 8.56. The van der Waals surface area contributed by atoms with Crippen LogP contribution in [0.1, 0.15) is 0 Å². The number of carboxylic acid groups (broad SMARTS) is 1. The van der Waals surface area contributed by atoms with Crippen molar-refractivity contribution in [2.75, 3.05) is 13.4 Å². The number of fused-ring (bicyclic) bond motifs is 1. The molecule has 0 bridgehead atoms. The van der Waals surface area contributed by atoms with Gasteiger partial charge in [0, 0.05) is 4.90 Å². The van der Waals surface area contributed by atoms with Crippen molar-refractivity contribution < 1.29 is 19.4 Å². The van der Waals surface area contributed by atoms with E-state index >= 15 is 0 Å². The average molecular weight is 358 g/mol. The molecule has 0 aliphatic rings. The zero-order valence-electron chi connectivity index (χ0n) is 13.9. The van der Waals surface area contributed by atoms with Gasteiger partial charge in [-0.05, 0) is 30.5 Å². The minimum Gasteiger partial charge on any atom is -0.480 e. The van der Waals surface area contributed by atoms with Crippen molar-refractivity contribution in [2.24, 2.45) is 0 Å². The Hall–Kier alpha value is -2.80. The van der Waals surface area contributed by atoms with Gasteiger partial charge < -0.3 is 14.4 Å². The van der Waals surface area contributed by atoms with Gasteiger partial charge in [0.25, 0.3) is 0 Å². The molecule has 0 fully saturated rings. The summed E-state index contributed by atoms with van der Waals surface area (Å²) in [5, 5.41) is 9.35. The molecule has 0 aliphatic heterocycles. The third kappa shape index (κ3) is 2.87. The Bertz CT molecular complexity index is 939. The highest BCUT2D eigenvalue weighted by Gasteiger charge is 2.38. The number of carbonyl (C=O) groups excluding carboxylic acids is 1. The molecule has 2 aromatic carbocycles. The van der Waals surface area contributed by atoms with E-state index in [0.29, 0.717) is 16.2 Å². The zero-order valence-corrected chi connectivity index (χ0v) is 14.7. The molecule has 25 heavy (non-hydrogen) atoms. The molecule has 1 unspecified atom stereocenters. The van der Waals surface area contributed by atoms with Gasteiger partial charge in [-0.3, -0.25) is 4.79 Å². The highest BCUT2D eigenvalue weighted by molar-refractivity contribution is 8.44. The van der Waals surface area contributed by atoms with Crippen molar-refractivity contribution in [1.29, 1.82) is 0 Å². The Balaban J connectivity index is 2.33. The Morgan fingerprint density at radius 3 is 2.40 bits per heavy atom. The summed E-state index contributed by atoms with van der Waals surface area (Å²) >= 11 is 0. The molecular formula is C18H18N2O4S. The third-order valence-corrected chi connectivity index (χ3v) is 7.08. The maximum Gasteiger partial charge on any atom is 0.360 e. The lowest BCUT2D eigenvalue weighted by molar-refractivity contribution is -0.137. The normalized spacial score (nSPS) is 14.6. The van der Waals surface area contributed by atoms with Crippen molar-refractivity contribution in [3.05, 3.63) is 54.6 Å². The molecule has 0 radical (unpaired) electrons. The molecule has 0 aliphatic carbocycles. The van der Waals surface area contributed by atoms with Crippen LogP contribution in [-0.4, -0.2) is 39.3 Å². The van der Waals surface area contributed by atoms with Crippen LogP contribution in [0.4, 0.5) is 4.79 Å².